The van der Waals surface area contributed by atoms with Crippen molar-refractivity contribution in [3.8, 4) is 0 Å². The molecule has 0 bridgehead atoms. The van der Waals surface area contributed by atoms with E-state index in [9.17, 15) is 24.0 Å². The maximum absolute atomic E-state index is 12.0. The minimum Gasteiger partial charge on any atom is -0.355 e. The lowest BCUT2D eigenvalue weighted by atomic mass is 10.2. The van der Waals surface area contributed by atoms with Gasteiger partial charge in [0.05, 0.1) is 13.0 Å². The van der Waals surface area contributed by atoms with Crippen LogP contribution in [0.2, 0.25) is 0 Å². The molecule has 0 aromatic heterocycles. The SMILES string of the molecule is [13CH3]CC1CCC[15N]1[13CH2][13C](=O)NCCC(=O)[15NH][13CH2][13CH2][13C](=O)ON1C(=O)CCC1=O. The smallest absolute Gasteiger partial charge is 0.334 e. The Bertz CT molecular complexity index is 607. The van der Waals surface area contributed by atoms with E-state index in [0.29, 0.717) is 17.6 Å². The second kappa shape index (κ2) is 10.7. The zero-order valence-corrected chi connectivity index (χ0v) is 16.2. The maximum atomic E-state index is 12.0. The van der Waals surface area contributed by atoms with E-state index in [1.54, 1.807) is 0 Å². The third kappa shape index (κ3) is 6.59. The third-order valence-electron chi connectivity index (χ3n) is 4.84. The van der Waals surface area contributed by atoms with Gasteiger partial charge in [-0.15, -0.1) is 5.06 Å². The third-order valence-corrected chi connectivity index (χ3v) is 4.84. The first-order chi connectivity index (χ1) is 13.4. The summed E-state index contributed by atoms with van der Waals surface area (Å²) in [7, 11) is 0. The number of carbonyl (C=O) groups is 5. The molecule has 2 aliphatic heterocycles. The fraction of sp³-hybridized carbons (Fsp3) is 0.722. The second-order valence-corrected chi connectivity index (χ2v) is 6.92. The minimum absolute atomic E-state index is 0.0216. The van der Waals surface area contributed by atoms with Gasteiger partial charge in [0.25, 0.3) is 11.8 Å². The topological polar surface area (TPSA) is 125 Å². The molecule has 0 aromatic rings. The van der Waals surface area contributed by atoms with E-state index >= 15 is 0 Å². The molecule has 1 unspecified atom stereocenters. The highest BCUT2D eigenvalue weighted by Gasteiger charge is 2.32. The van der Waals surface area contributed by atoms with Crippen molar-refractivity contribution < 1.29 is 28.8 Å². The van der Waals surface area contributed by atoms with Crippen molar-refractivity contribution in [2.45, 2.75) is 57.9 Å². The van der Waals surface area contributed by atoms with Crippen LogP contribution >= 0.6 is 0 Å². The number of nitrogens with zero attached hydrogens (tertiary/aromatic N) is 2. The Morgan fingerprint density at radius 3 is 2.36 bits per heavy atom. The quantitative estimate of drug-likeness (QED) is 0.285. The molecular weight excluding hydrogens is 376 g/mol. The number of hydroxylamine groups is 2. The Balaban J connectivity index is 1.54. The number of nitrogens with one attached hydrogen (secondary N) is 2. The van der Waals surface area contributed by atoms with Crippen LogP contribution in [-0.2, 0) is 28.8 Å². The van der Waals surface area contributed by atoms with Crippen LogP contribution in [0.15, 0.2) is 0 Å². The number of likely N-dealkylation sites (tertiary alicyclic amines) is 1. The van der Waals surface area contributed by atoms with Gasteiger partial charge in [0.1, 0.15) is 0 Å². The maximum Gasteiger partial charge on any atom is 0.334 e. The highest BCUT2D eigenvalue weighted by molar-refractivity contribution is 6.01. The monoisotopic (exact) mass is 404 g/mol. The molecule has 156 valence electrons. The highest BCUT2D eigenvalue weighted by atomic mass is 16.8. The summed E-state index contributed by atoms with van der Waals surface area (Å²) in [5.74, 6) is -2.27. The van der Waals surface area contributed by atoms with Gasteiger partial charge in [-0.05, 0) is 25.8 Å². The summed E-state index contributed by atoms with van der Waals surface area (Å²) in [4.78, 5) is 64.9. The molecule has 0 radical (unpaired) electrons. The number of hydrogen-bond donors (Lipinski definition) is 2. The van der Waals surface area contributed by atoms with E-state index < -0.39 is 17.8 Å². The van der Waals surface area contributed by atoms with Crippen LogP contribution in [0, 0.1) is 0 Å². The lowest BCUT2D eigenvalue weighted by molar-refractivity contribution is -0.197. The lowest BCUT2D eigenvalue weighted by Crippen LogP contribution is -2.40. The standard InChI is InChI=1S/C18H28N4O6/c1-2-13-4-3-11-21(13)12-15(24)20-9-7-14(23)19-10-8-18(27)28-22-16(25)5-6-17(22)26/h13H,2-12H2,1H3,(H,19,23)(H,20,24)/i1+1,8+1,10+1,12+1,15+1,18+1,19+1,21+1. The lowest BCUT2D eigenvalue weighted by Gasteiger charge is -2.22. The molecule has 0 spiro atoms. The van der Waals surface area contributed by atoms with E-state index in [2.05, 4.69) is 22.5 Å². The molecule has 2 saturated heterocycles. The molecule has 28 heavy (non-hydrogen) atoms. The van der Waals surface area contributed by atoms with Crippen molar-refractivity contribution in [3.63, 3.8) is 0 Å². The zero-order chi connectivity index (χ0) is 20.5. The van der Waals surface area contributed by atoms with Gasteiger partial charge in [0.2, 0.25) is 11.8 Å². The first kappa shape index (κ1) is 21.8. The molecule has 4 amide bonds. The molecule has 2 N–H and O–H groups in total. The Morgan fingerprint density at radius 1 is 1.04 bits per heavy atom. The summed E-state index contributed by atoms with van der Waals surface area (Å²) >= 11 is 0. The van der Waals surface area contributed by atoms with E-state index in [1.807, 2.05) is 0 Å². The van der Waals surface area contributed by atoms with E-state index in [0.717, 1.165) is 25.8 Å². The number of carbonyl (C=O) groups excluding carboxylic acids is 5. The number of hydrogen-bond acceptors (Lipinski definition) is 7. The molecule has 10 heteroatoms. The van der Waals surface area contributed by atoms with Crippen LogP contribution in [0.25, 0.3) is 0 Å². The van der Waals surface area contributed by atoms with Gasteiger partial charge >= 0.3 is 5.97 Å². The molecule has 2 heterocycles. The summed E-state index contributed by atoms with van der Waals surface area (Å²) in [6.07, 6.45) is 3.25. The van der Waals surface area contributed by atoms with Crippen molar-refractivity contribution in [2.75, 3.05) is 26.2 Å². The Morgan fingerprint density at radius 2 is 1.68 bits per heavy atom. The number of amides is 4. The van der Waals surface area contributed by atoms with Crippen molar-refractivity contribution in [2.24, 2.45) is 0 Å². The van der Waals surface area contributed by atoms with Gasteiger partial charge in [-0.3, -0.25) is 24.1 Å². The summed E-state index contributed by atoms with van der Waals surface area (Å²) in [6.45, 7) is 3.63. The molecule has 0 aromatic carbocycles. The number of rotatable bonds is 10. The molecule has 1 atom stereocenters. The van der Waals surface area contributed by atoms with Crippen LogP contribution in [0.5, 0.6) is 0 Å². The fourth-order valence-corrected chi connectivity index (χ4v) is 3.32. The van der Waals surface area contributed by atoms with E-state index in [4.69, 9.17) is 4.84 Å². The van der Waals surface area contributed by atoms with Crippen LogP contribution in [0.3, 0.4) is 0 Å². The van der Waals surface area contributed by atoms with Crippen molar-refractivity contribution in [1.29, 1.82) is 0 Å². The fourth-order valence-electron chi connectivity index (χ4n) is 3.32. The number of imide groups is 1. The predicted octanol–water partition coefficient (Wildman–Crippen LogP) is -0.519. The minimum atomic E-state index is -0.770. The van der Waals surface area contributed by atoms with Gasteiger partial charge in [-0.2, -0.15) is 0 Å². The second-order valence-electron chi connectivity index (χ2n) is 6.92. The zero-order valence-electron chi connectivity index (χ0n) is 16.2. The molecule has 0 saturated carbocycles. The van der Waals surface area contributed by atoms with Crippen LogP contribution in [0.4, 0.5) is 0 Å². The van der Waals surface area contributed by atoms with Gasteiger partial charge in [0.15, 0.2) is 0 Å². The molecule has 2 rings (SSSR count). The van der Waals surface area contributed by atoms with Crippen LogP contribution < -0.4 is 10.6 Å². The van der Waals surface area contributed by atoms with Crippen molar-refractivity contribution >= 4 is 29.6 Å². The molecule has 2 fully saturated rings. The van der Waals surface area contributed by atoms with Gasteiger partial charge in [-0.1, -0.05) is 6.92 Å². The van der Waals surface area contributed by atoms with Crippen LogP contribution in [-0.4, -0.2) is 71.8 Å². The van der Waals surface area contributed by atoms with Gasteiger partial charge in [0, 0.05) is 38.4 Å². The average Bonchev–Trinajstić information content (AvgIpc) is 3.22. The average molecular weight is 404 g/mol. The van der Waals surface area contributed by atoms with E-state index in [-0.39, 0.29) is 50.6 Å². The normalized spacial score (nSPS) is 19.8. The molecular formula is C18H28N4O6. The van der Waals surface area contributed by atoms with Crippen molar-refractivity contribution in [1.82, 2.24) is 20.6 Å². The Kier molecular flexibility index (Phi) is 8.37. The molecule has 0 aliphatic carbocycles. The van der Waals surface area contributed by atoms with E-state index in [1.165, 1.54) is 0 Å². The molecule has 2 aliphatic rings. The largest absolute Gasteiger partial charge is 0.355 e. The predicted molar refractivity (Wildman–Crippen MR) is 97.3 cm³/mol. The summed E-state index contributed by atoms with van der Waals surface area (Å²) < 4.78 is 0. The Hall–Kier alpha value is -2.49. The summed E-state index contributed by atoms with van der Waals surface area (Å²) in [5, 5.41) is 5.74. The molecule has 10 nitrogen and oxygen atoms in total. The summed E-state index contributed by atoms with van der Waals surface area (Å²) in [5.41, 5.74) is 0. The Labute approximate surface area is 163 Å². The van der Waals surface area contributed by atoms with Gasteiger partial charge < -0.3 is 15.5 Å². The highest BCUT2D eigenvalue weighted by Crippen LogP contribution is 2.18. The van der Waals surface area contributed by atoms with Crippen molar-refractivity contribution in [3.05, 3.63) is 0 Å². The van der Waals surface area contributed by atoms with Crippen LogP contribution in [0.1, 0.15) is 51.9 Å². The summed E-state index contributed by atoms with van der Waals surface area (Å²) in [6, 6.07) is 0.458. The van der Waals surface area contributed by atoms with Gasteiger partial charge in [-0.25, -0.2) is 4.79 Å². The first-order valence-corrected chi connectivity index (χ1v) is 9.74. The first-order valence-electron chi connectivity index (χ1n) is 9.74.